The van der Waals surface area contributed by atoms with Crippen molar-refractivity contribution in [1.29, 1.82) is 0 Å². The first-order chi connectivity index (χ1) is 15.5. The van der Waals surface area contributed by atoms with Crippen LogP contribution in [-0.4, -0.2) is 29.9 Å². The zero-order valence-corrected chi connectivity index (χ0v) is 20.0. The first-order valence-corrected chi connectivity index (χ1v) is 12.1. The smallest absolute Gasteiger partial charge is 0.302 e. The number of hydrogen-bond donors (Lipinski definition) is 1. The molecule has 1 aliphatic rings. The molecule has 0 amide bonds. The number of ether oxygens (including phenoxy) is 2. The summed E-state index contributed by atoms with van der Waals surface area (Å²) >= 11 is 0. The average Bonchev–Trinajstić information content (AvgIpc) is 2.80. The van der Waals surface area contributed by atoms with E-state index >= 15 is 0 Å². The third-order valence-electron chi connectivity index (χ3n) is 5.69. The molecular formula is C34H64O4. The quantitative estimate of drug-likeness (QED) is 0.240. The van der Waals surface area contributed by atoms with Gasteiger partial charge in [0, 0.05) is 20.0 Å². The van der Waals surface area contributed by atoms with Crippen LogP contribution in [0.1, 0.15) is 134 Å². The van der Waals surface area contributed by atoms with Crippen LogP contribution in [0.5, 0.6) is 0 Å². The molecule has 0 saturated carbocycles. The lowest BCUT2D eigenvalue weighted by atomic mass is 9.98. The van der Waals surface area contributed by atoms with E-state index < -0.39 is 6.10 Å². The molecule has 0 fully saturated rings. The van der Waals surface area contributed by atoms with Crippen molar-refractivity contribution in [2.45, 2.75) is 135 Å². The van der Waals surface area contributed by atoms with Gasteiger partial charge in [-0.25, -0.2) is 0 Å². The Morgan fingerprint density at radius 1 is 1.00 bits per heavy atom. The maximum absolute atomic E-state index is 11.2. The molecule has 38 heavy (non-hydrogen) atoms. The van der Waals surface area contributed by atoms with Gasteiger partial charge in [-0.1, -0.05) is 113 Å². The highest BCUT2D eigenvalue weighted by molar-refractivity contribution is 5.66. The molecule has 3 unspecified atom stereocenters. The molecule has 0 saturated heterocycles. The Labute approximate surface area is 238 Å². The fraction of sp³-hybridized carbons (Fsp3) is 0.618. The second-order valence-corrected chi connectivity index (χ2v) is 8.53. The number of hydrogen-bond acceptors (Lipinski definition) is 4. The minimum absolute atomic E-state index is 0. The Balaban J connectivity index is -0.000000605. The van der Waals surface area contributed by atoms with E-state index in [9.17, 15) is 9.90 Å². The van der Waals surface area contributed by atoms with Crippen LogP contribution < -0.4 is 0 Å². The molecule has 1 aromatic rings. The molecule has 1 aromatic carbocycles. The summed E-state index contributed by atoms with van der Waals surface area (Å²) in [4.78, 5) is 11.2. The number of rotatable bonds is 14. The van der Waals surface area contributed by atoms with Crippen molar-refractivity contribution in [2.75, 3.05) is 6.61 Å². The van der Waals surface area contributed by atoms with Crippen LogP contribution >= 0.6 is 0 Å². The van der Waals surface area contributed by atoms with E-state index in [2.05, 4.69) is 61.6 Å². The highest BCUT2D eigenvalue weighted by atomic mass is 16.5. The third-order valence-corrected chi connectivity index (χ3v) is 5.69. The normalized spacial score (nSPS) is 13.9. The van der Waals surface area contributed by atoms with E-state index in [0.29, 0.717) is 19.3 Å². The summed E-state index contributed by atoms with van der Waals surface area (Å²) in [7, 11) is 0. The van der Waals surface area contributed by atoms with Crippen LogP contribution in [0.25, 0.3) is 6.08 Å². The van der Waals surface area contributed by atoms with E-state index in [0.717, 1.165) is 38.7 Å². The van der Waals surface area contributed by atoms with Crippen LogP contribution in [0.4, 0.5) is 0 Å². The molecule has 0 spiro atoms. The number of aliphatic hydroxyl groups is 1. The molecule has 4 nitrogen and oxygen atoms in total. The zero-order chi connectivity index (χ0) is 23.2. The number of allylic oxidation sites excluding steroid dienone is 5. The molecule has 2 rings (SSSR count). The van der Waals surface area contributed by atoms with Crippen molar-refractivity contribution < 1.29 is 19.4 Å². The predicted octanol–water partition coefficient (Wildman–Crippen LogP) is 10.5. The van der Waals surface area contributed by atoms with Gasteiger partial charge in [0.1, 0.15) is 6.10 Å². The number of benzene rings is 1. The summed E-state index contributed by atoms with van der Waals surface area (Å²) in [6, 6.07) is 8.60. The third kappa shape index (κ3) is 18.1. The van der Waals surface area contributed by atoms with Crippen molar-refractivity contribution in [2.24, 2.45) is 0 Å². The molecule has 0 aliphatic heterocycles. The maximum Gasteiger partial charge on any atom is 0.302 e. The van der Waals surface area contributed by atoms with Gasteiger partial charge in [0.05, 0.1) is 12.2 Å². The van der Waals surface area contributed by atoms with Crippen molar-refractivity contribution in [3.05, 3.63) is 65.3 Å². The zero-order valence-electron chi connectivity index (χ0n) is 20.0. The van der Waals surface area contributed by atoms with Gasteiger partial charge in [-0.15, -0.1) is 0 Å². The summed E-state index contributed by atoms with van der Waals surface area (Å²) < 4.78 is 11.4. The Hall–Kier alpha value is -2.17. The summed E-state index contributed by atoms with van der Waals surface area (Å²) in [6.07, 6.45) is 17.0. The lowest BCUT2D eigenvalue weighted by Gasteiger charge is -2.21. The molecule has 1 aliphatic carbocycles. The Morgan fingerprint density at radius 2 is 1.66 bits per heavy atom. The fourth-order valence-electron chi connectivity index (χ4n) is 3.88. The minimum Gasteiger partial charge on any atom is -0.462 e. The van der Waals surface area contributed by atoms with Gasteiger partial charge in [-0.2, -0.15) is 0 Å². The number of esters is 1. The molecule has 224 valence electrons. The molecule has 4 heteroatoms. The first kappa shape index (κ1) is 45.7. The molecular weight excluding hydrogens is 472 g/mol. The van der Waals surface area contributed by atoms with Crippen LogP contribution in [0, 0.1) is 0 Å². The van der Waals surface area contributed by atoms with Gasteiger partial charge in [0.2, 0.25) is 0 Å². The van der Waals surface area contributed by atoms with Crippen molar-refractivity contribution in [3.63, 3.8) is 0 Å². The van der Waals surface area contributed by atoms with Crippen molar-refractivity contribution in [1.82, 2.24) is 0 Å². The van der Waals surface area contributed by atoms with Crippen LogP contribution in [0.15, 0.2) is 54.1 Å². The van der Waals surface area contributed by atoms with E-state index in [-0.39, 0.29) is 62.7 Å². The van der Waals surface area contributed by atoms with Gasteiger partial charge in [-0.05, 0) is 61.6 Å². The molecule has 3 atom stereocenters. The second-order valence-electron chi connectivity index (χ2n) is 8.53. The lowest BCUT2D eigenvalue weighted by Crippen LogP contribution is -2.22. The Kier molecular flexibility index (Phi) is 31.8. The summed E-state index contributed by atoms with van der Waals surface area (Å²) in [5.74, 6) is -0.289. The molecule has 1 N–H and O–H groups in total. The average molecular weight is 537 g/mol. The monoisotopic (exact) mass is 536 g/mol. The van der Waals surface area contributed by atoms with E-state index in [1.54, 1.807) is 0 Å². The minimum atomic E-state index is -0.470. The van der Waals surface area contributed by atoms with Gasteiger partial charge in [0.15, 0.2) is 0 Å². The van der Waals surface area contributed by atoms with Gasteiger partial charge < -0.3 is 14.6 Å². The Bertz CT molecular complexity index is 761. The van der Waals surface area contributed by atoms with Gasteiger partial charge in [-0.3, -0.25) is 4.79 Å². The van der Waals surface area contributed by atoms with E-state index in [1.165, 1.54) is 23.6 Å². The predicted molar refractivity (Wildman–Crippen MR) is 172 cm³/mol. The van der Waals surface area contributed by atoms with Crippen molar-refractivity contribution >= 4 is 12.0 Å². The number of carbonyl (C=O) groups excluding carboxylic acids is 1. The number of aliphatic hydroxyl groups excluding tert-OH is 1. The standard InChI is InChI=1S/C28H40O4.6CH4/c1-4-20-31-28(13-9-12-26(30)21-27(5-2)32-22(3)29)25-18-16-24(17-19-25)15-14-23-10-7-6-8-11-23;;;;;;/h6-7,10,14-19,26-28,30H,4-5,8-9,11-13,20-21H2,1-3H3;6*1H4. The molecule has 0 heterocycles. The van der Waals surface area contributed by atoms with E-state index in [1.807, 2.05) is 6.92 Å². The largest absolute Gasteiger partial charge is 0.462 e. The fourth-order valence-corrected chi connectivity index (χ4v) is 3.88. The first-order valence-electron chi connectivity index (χ1n) is 12.1. The van der Waals surface area contributed by atoms with Gasteiger partial charge in [0.25, 0.3) is 0 Å². The highest BCUT2D eigenvalue weighted by Gasteiger charge is 2.17. The van der Waals surface area contributed by atoms with Crippen molar-refractivity contribution in [3.8, 4) is 0 Å². The van der Waals surface area contributed by atoms with E-state index in [4.69, 9.17) is 9.47 Å². The summed E-state index contributed by atoms with van der Waals surface area (Å²) in [6.45, 7) is 6.22. The number of carbonyl (C=O) groups is 1. The highest BCUT2D eigenvalue weighted by Crippen LogP contribution is 2.26. The maximum atomic E-state index is 11.2. The summed E-state index contributed by atoms with van der Waals surface area (Å²) in [5, 5.41) is 10.4. The molecule has 0 bridgehead atoms. The van der Waals surface area contributed by atoms with Gasteiger partial charge >= 0.3 is 5.97 Å². The van der Waals surface area contributed by atoms with Crippen LogP contribution in [0.3, 0.4) is 0 Å². The second kappa shape index (κ2) is 26.4. The SMILES string of the molecule is C.C.C.C.C.C.CCCOC(CCCC(O)CC(CC)OC(C)=O)c1ccc(C=CC2=CC=CCC2)cc1. The molecule has 0 aromatic heterocycles. The lowest BCUT2D eigenvalue weighted by molar-refractivity contribution is -0.147. The van der Waals surface area contributed by atoms with Crippen LogP contribution in [-0.2, 0) is 14.3 Å². The Morgan fingerprint density at radius 3 is 2.18 bits per heavy atom. The summed E-state index contributed by atoms with van der Waals surface area (Å²) in [5.41, 5.74) is 3.72. The molecule has 0 radical (unpaired) electrons. The topological polar surface area (TPSA) is 55.8 Å². The van der Waals surface area contributed by atoms with Crippen LogP contribution in [0.2, 0.25) is 0 Å².